The van der Waals surface area contributed by atoms with Gasteiger partial charge in [0, 0.05) is 8.07 Å². The molecule has 64 valence electrons. The first kappa shape index (κ1) is 10.7. The van der Waals surface area contributed by atoms with Crippen molar-refractivity contribution in [2.24, 2.45) is 0 Å². The van der Waals surface area contributed by atoms with Gasteiger partial charge < -0.3 is 0 Å². The van der Waals surface area contributed by atoms with Crippen LogP contribution in [0.25, 0.3) is 0 Å². The molecule has 0 aromatic rings. The molecule has 0 spiro atoms. The maximum atomic E-state index is 3.86. The number of allylic oxidation sites excluding steroid dienone is 3. The van der Waals surface area contributed by atoms with Gasteiger partial charge in [0.25, 0.3) is 0 Å². The van der Waals surface area contributed by atoms with E-state index in [1.54, 1.807) is 0 Å². The summed E-state index contributed by atoms with van der Waals surface area (Å²) in [6.45, 7) is 15.3. The highest BCUT2D eigenvalue weighted by Gasteiger charge is 2.12. The summed E-state index contributed by atoms with van der Waals surface area (Å²) in [7, 11) is -0.897. The monoisotopic (exact) mass is 168 g/mol. The molecule has 0 atom stereocenters. The number of hydrogen-bond acceptors (Lipinski definition) is 0. The van der Waals surface area contributed by atoms with Gasteiger partial charge >= 0.3 is 0 Å². The maximum Gasteiger partial charge on any atom is 0.0483 e. The fraction of sp³-hybridized carbons (Fsp3) is 0.600. The van der Waals surface area contributed by atoms with Crippen LogP contribution in [0.1, 0.15) is 13.8 Å². The van der Waals surface area contributed by atoms with E-state index in [2.05, 4.69) is 39.2 Å². The topological polar surface area (TPSA) is 0 Å². The molecule has 0 saturated carbocycles. The van der Waals surface area contributed by atoms with Crippen molar-refractivity contribution in [3.8, 4) is 0 Å². The Balaban J connectivity index is 4.07. The summed E-state index contributed by atoms with van der Waals surface area (Å²) in [5, 5.41) is 0. The summed E-state index contributed by atoms with van der Waals surface area (Å²) in [5.41, 5.74) is 2.65. The van der Waals surface area contributed by atoms with Crippen LogP contribution in [-0.4, -0.2) is 8.07 Å². The van der Waals surface area contributed by atoms with Crippen molar-refractivity contribution in [2.45, 2.75) is 39.5 Å². The molecular formula is C10H20Si. The lowest BCUT2D eigenvalue weighted by Gasteiger charge is -2.15. The van der Waals surface area contributed by atoms with E-state index in [-0.39, 0.29) is 0 Å². The van der Waals surface area contributed by atoms with Crippen LogP contribution in [0.15, 0.2) is 23.8 Å². The van der Waals surface area contributed by atoms with Crippen LogP contribution in [-0.2, 0) is 0 Å². The third kappa shape index (κ3) is 7.60. The second kappa shape index (κ2) is 3.91. The van der Waals surface area contributed by atoms with E-state index in [4.69, 9.17) is 0 Å². The van der Waals surface area contributed by atoms with Crippen molar-refractivity contribution in [2.75, 3.05) is 0 Å². The first-order chi connectivity index (χ1) is 4.81. The normalized spacial score (nSPS) is 13.4. The number of rotatable bonds is 3. The Morgan fingerprint density at radius 3 is 2.00 bits per heavy atom. The lowest BCUT2D eigenvalue weighted by molar-refractivity contribution is 1.29. The molecule has 0 fully saturated rings. The lowest BCUT2D eigenvalue weighted by atomic mass is 10.2. The van der Waals surface area contributed by atoms with Crippen molar-refractivity contribution in [1.29, 1.82) is 0 Å². The third-order valence-corrected chi connectivity index (χ3v) is 2.92. The van der Waals surface area contributed by atoms with Crippen LogP contribution >= 0.6 is 0 Å². The molecule has 1 heteroatoms. The average molecular weight is 168 g/mol. The van der Waals surface area contributed by atoms with Gasteiger partial charge in [-0.25, -0.2) is 0 Å². The van der Waals surface area contributed by atoms with Crippen LogP contribution in [0.5, 0.6) is 0 Å². The Morgan fingerprint density at radius 2 is 1.73 bits per heavy atom. The Kier molecular flexibility index (Phi) is 3.80. The molecule has 0 aromatic carbocycles. The summed E-state index contributed by atoms with van der Waals surface area (Å²) in [4.78, 5) is 0. The minimum absolute atomic E-state index is 0.897. The molecule has 0 radical (unpaired) electrons. The van der Waals surface area contributed by atoms with Crippen LogP contribution < -0.4 is 0 Å². The maximum absolute atomic E-state index is 3.86. The Morgan fingerprint density at radius 1 is 1.27 bits per heavy atom. The van der Waals surface area contributed by atoms with E-state index in [0.717, 1.165) is 0 Å². The molecule has 0 aliphatic rings. The molecule has 0 nitrogen and oxygen atoms in total. The van der Waals surface area contributed by atoms with Crippen molar-refractivity contribution in [3.05, 3.63) is 23.8 Å². The van der Waals surface area contributed by atoms with Gasteiger partial charge in [-0.2, -0.15) is 0 Å². The van der Waals surface area contributed by atoms with Gasteiger partial charge in [-0.3, -0.25) is 0 Å². The molecule has 0 rings (SSSR count). The van der Waals surface area contributed by atoms with Crippen LogP contribution in [0, 0.1) is 0 Å². The zero-order chi connectivity index (χ0) is 9.07. The highest BCUT2D eigenvalue weighted by atomic mass is 28.3. The average Bonchev–Trinajstić information content (AvgIpc) is 1.53. The van der Waals surface area contributed by atoms with E-state index >= 15 is 0 Å². The van der Waals surface area contributed by atoms with E-state index in [0.29, 0.717) is 0 Å². The SMILES string of the molecule is C=C(C)C=C(C)C[Si](C)(C)C. The van der Waals surface area contributed by atoms with Gasteiger partial charge in [0.1, 0.15) is 0 Å². The first-order valence-electron chi connectivity index (χ1n) is 4.14. The van der Waals surface area contributed by atoms with Gasteiger partial charge in [-0.1, -0.05) is 43.4 Å². The molecule has 0 aliphatic carbocycles. The van der Waals surface area contributed by atoms with Gasteiger partial charge in [-0.05, 0) is 19.9 Å². The minimum atomic E-state index is -0.897. The molecule has 0 bridgehead atoms. The van der Waals surface area contributed by atoms with E-state index in [1.807, 2.05) is 6.92 Å². The fourth-order valence-electron chi connectivity index (χ4n) is 1.31. The smallest absolute Gasteiger partial charge is 0.0483 e. The molecule has 0 amide bonds. The quantitative estimate of drug-likeness (QED) is 0.443. The van der Waals surface area contributed by atoms with Crippen molar-refractivity contribution in [1.82, 2.24) is 0 Å². The molecule has 0 aromatic heterocycles. The minimum Gasteiger partial charge on any atom is -0.0961 e. The number of hydrogen-bond donors (Lipinski definition) is 0. The van der Waals surface area contributed by atoms with E-state index in [9.17, 15) is 0 Å². The van der Waals surface area contributed by atoms with Crippen LogP contribution in [0.4, 0.5) is 0 Å². The summed E-state index contributed by atoms with van der Waals surface area (Å²) in [6.07, 6.45) is 2.19. The molecule has 0 saturated heterocycles. The molecule has 0 unspecified atom stereocenters. The standard InChI is InChI=1S/C10H20Si/c1-9(2)7-10(3)8-11(4,5)6/h7H,1,8H2,2-6H3. The zero-order valence-corrected chi connectivity index (χ0v) is 9.49. The first-order valence-corrected chi connectivity index (χ1v) is 7.85. The van der Waals surface area contributed by atoms with Gasteiger partial charge in [0.15, 0.2) is 0 Å². The summed E-state index contributed by atoms with van der Waals surface area (Å²) in [5.74, 6) is 0. The second-order valence-corrected chi connectivity index (χ2v) is 10.0. The summed E-state index contributed by atoms with van der Waals surface area (Å²) < 4.78 is 0. The fourth-order valence-corrected chi connectivity index (χ4v) is 3.08. The molecule has 11 heavy (non-hydrogen) atoms. The lowest BCUT2D eigenvalue weighted by Crippen LogP contribution is -2.19. The zero-order valence-electron chi connectivity index (χ0n) is 8.49. The van der Waals surface area contributed by atoms with Gasteiger partial charge in [-0.15, -0.1) is 0 Å². The van der Waals surface area contributed by atoms with E-state index < -0.39 is 8.07 Å². The van der Waals surface area contributed by atoms with Crippen molar-refractivity contribution >= 4 is 8.07 Å². The summed E-state index contributed by atoms with van der Waals surface area (Å²) >= 11 is 0. The third-order valence-electron chi connectivity index (χ3n) is 1.30. The molecule has 0 aliphatic heterocycles. The Bertz CT molecular complexity index is 170. The van der Waals surface area contributed by atoms with Crippen LogP contribution in [0.2, 0.25) is 25.7 Å². The molecule has 0 heterocycles. The molecule has 0 N–H and O–H groups in total. The largest absolute Gasteiger partial charge is 0.0961 e. The predicted octanol–water partition coefficient (Wildman–Crippen LogP) is 3.85. The highest BCUT2D eigenvalue weighted by Crippen LogP contribution is 2.16. The van der Waals surface area contributed by atoms with Crippen molar-refractivity contribution in [3.63, 3.8) is 0 Å². The highest BCUT2D eigenvalue weighted by molar-refractivity contribution is 6.76. The second-order valence-electron chi connectivity index (χ2n) is 4.57. The Labute approximate surface area is 72.0 Å². The van der Waals surface area contributed by atoms with Crippen molar-refractivity contribution < 1.29 is 0 Å². The molecular weight excluding hydrogens is 148 g/mol. The van der Waals surface area contributed by atoms with Gasteiger partial charge in [0.2, 0.25) is 0 Å². The summed E-state index contributed by atoms with van der Waals surface area (Å²) in [6, 6.07) is 1.29. The van der Waals surface area contributed by atoms with E-state index in [1.165, 1.54) is 17.2 Å². The predicted molar refractivity (Wildman–Crippen MR) is 56.7 cm³/mol. The van der Waals surface area contributed by atoms with Crippen LogP contribution in [0.3, 0.4) is 0 Å². The Hall–Kier alpha value is -0.303. The van der Waals surface area contributed by atoms with Gasteiger partial charge in [0.05, 0.1) is 0 Å².